The molecule has 3 amide bonds. The van der Waals surface area contributed by atoms with E-state index in [1.54, 1.807) is 48.5 Å². The van der Waals surface area contributed by atoms with Crippen LogP contribution in [-0.4, -0.2) is 36.1 Å². The van der Waals surface area contributed by atoms with E-state index in [0.717, 1.165) is 10.5 Å². The normalized spacial score (nSPS) is 19.0. The van der Waals surface area contributed by atoms with Crippen molar-refractivity contribution in [2.75, 3.05) is 21.8 Å². The molecule has 35 heavy (non-hydrogen) atoms. The highest BCUT2D eigenvalue weighted by molar-refractivity contribution is 6.51. The molecule has 8 heteroatoms. The van der Waals surface area contributed by atoms with E-state index < -0.39 is 29.7 Å². The number of ether oxygens (including phenoxy) is 1. The minimum Gasteiger partial charge on any atom is -0.494 e. The number of para-hydroxylation sites is 1. The van der Waals surface area contributed by atoms with Crippen molar-refractivity contribution < 1.29 is 19.1 Å². The maximum atomic E-state index is 13.6. The molecule has 0 spiro atoms. The molecule has 1 saturated heterocycles. The molecular formula is C27H24N4O4. The minimum atomic E-state index is -1.03. The molecule has 1 fully saturated rings. The predicted molar refractivity (Wildman–Crippen MR) is 134 cm³/mol. The molecule has 0 radical (unpaired) electrons. The maximum Gasteiger partial charge on any atom is 0.272 e. The Hall–Kier alpha value is -4.46. The van der Waals surface area contributed by atoms with Crippen LogP contribution in [0.4, 0.5) is 17.1 Å². The van der Waals surface area contributed by atoms with Gasteiger partial charge in [0.25, 0.3) is 11.8 Å². The number of fused-ring (bicyclic) bond motifs is 1. The van der Waals surface area contributed by atoms with Crippen LogP contribution in [0.3, 0.4) is 0 Å². The summed E-state index contributed by atoms with van der Waals surface area (Å²) in [4.78, 5) is 41.6. The molecule has 2 aliphatic heterocycles. The van der Waals surface area contributed by atoms with E-state index in [2.05, 4.69) is 10.4 Å². The molecule has 0 aliphatic carbocycles. The van der Waals surface area contributed by atoms with Crippen LogP contribution in [0.25, 0.3) is 0 Å². The molecule has 8 nitrogen and oxygen atoms in total. The lowest BCUT2D eigenvalue weighted by atomic mass is 9.97. The average molecular weight is 469 g/mol. The van der Waals surface area contributed by atoms with Crippen molar-refractivity contribution in [3.8, 4) is 5.75 Å². The Labute approximate surface area is 202 Å². The molecule has 5 rings (SSSR count). The fraction of sp³-hybridized carbons (Fsp3) is 0.185. The Balaban J connectivity index is 1.52. The average Bonchev–Trinajstić information content (AvgIpc) is 3.38. The monoisotopic (exact) mass is 468 g/mol. The summed E-state index contributed by atoms with van der Waals surface area (Å²) in [5.74, 6) is -1.83. The molecule has 2 heterocycles. The van der Waals surface area contributed by atoms with Crippen molar-refractivity contribution in [1.82, 2.24) is 0 Å². The second-order valence-corrected chi connectivity index (χ2v) is 8.35. The summed E-state index contributed by atoms with van der Waals surface area (Å²) in [6.45, 7) is 4.34. The molecule has 176 valence electrons. The largest absolute Gasteiger partial charge is 0.494 e. The highest BCUT2D eigenvalue weighted by atomic mass is 16.5. The number of benzene rings is 3. The van der Waals surface area contributed by atoms with Crippen molar-refractivity contribution in [2.24, 2.45) is 11.0 Å². The van der Waals surface area contributed by atoms with E-state index in [1.165, 1.54) is 5.01 Å². The lowest BCUT2D eigenvalue weighted by molar-refractivity contribution is -0.122. The molecule has 0 saturated carbocycles. The van der Waals surface area contributed by atoms with Crippen molar-refractivity contribution in [1.29, 1.82) is 0 Å². The van der Waals surface area contributed by atoms with Gasteiger partial charge in [0.05, 0.1) is 18.0 Å². The summed E-state index contributed by atoms with van der Waals surface area (Å²) < 4.78 is 5.47. The lowest BCUT2D eigenvalue weighted by Gasteiger charge is -2.22. The first-order chi connectivity index (χ1) is 17.0. The number of carbonyl (C=O) groups excluding carboxylic acids is 3. The van der Waals surface area contributed by atoms with Gasteiger partial charge in [0.15, 0.2) is 0 Å². The van der Waals surface area contributed by atoms with Gasteiger partial charge >= 0.3 is 0 Å². The van der Waals surface area contributed by atoms with E-state index in [-0.39, 0.29) is 5.71 Å². The Bertz CT molecular complexity index is 1300. The van der Waals surface area contributed by atoms with Crippen LogP contribution in [0, 0.1) is 12.8 Å². The number of hydrazone groups is 1. The van der Waals surface area contributed by atoms with Gasteiger partial charge in [-0.25, -0.2) is 4.90 Å². The molecule has 2 aliphatic rings. The van der Waals surface area contributed by atoms with E-state index in [1.807, 2.05) is 44.2 Å². The smallest absolute Gasteiger partial charge is 0.272 e. The molecule has 3 aromatic rings. The van der Waals surface area contributed by atoms with Crippen LogP contribution in [0.5, 0.6) is 5.75 Å². The lowest BCUT2D eigenvalue weighted by Crippen LogP contribution is -2.39. The highest BCUT2D eigenvalue weighted by Gasteiger charge is 2.58. The molecule has 2 atom stereocenters. The fourth-order valence-corrected chi connectivity index (χ4v) is 4.34. The van der Waals surface area contributed by atoms with Crippen LogP contribution in [-0.2, 0) is 14.4 Å². The molecule has 0 aromatic heterocycles. The van der Waals surface area contributed by atoms with Gasteiger partial charge in [-0.15, -0.1) is 0 Å². The maximum absolute atomic E-state index is 13.6. The van der Waals surface area contributed by atoms with E-state index in [9.17, 15) is 14.4 Å². The van der Waals surface area contributed by atoms with Crippen molar-refractivity contribution in [2.45, 2.75) is 19.9 Å². The van der Waals surface area contributed by atoms with Gasteiger partial charge in [0.2, 0.25) is 5.91 Å². The van der Waals surface area contributed by atoms with E-state index in [0.29, 0.717) is 29.4 Å². The summed E-state index contributed by atoms with van der Waals surface area (Å²) >= 11 is 0. The number of carbonyl (C=O) groups is 3. The number of hydrogen-bond donors (Lipinski definition) is 1. The number of anilines is 3. The summed E-state index contributed by atoms with van der Waals surface area (Å²) in [6, 6.07) is 22.2. The highest BCUT2D eigenvalue weighted by Crippen LogP contribution is 2.38. The van der Waals surface area contributed by atoms with Crippen LogP contribution in [0.1, 0.15) is 12.5 Å². The second-order valence-electron chi connectivity index (χ2n) is 8.35. The molecule has 0 unspecified atom stereocenters. The van der Waals surface area contributed by atoms with Crippen molar-refractivity contribution in [3.05, 3.63) is 84.4 Å². The molecule has 3 aromatic carbocycles. The van der Waals surface area contributed by atoms with Gasteiger partial charge in [-0.05, 0) is 62.4 Å². The van der Waals surface area contributed by atoms with Crippen LogP contribution < -0.4 is 20.0 Å². The SMILES string of the molecule is CCOc1ccc(N2C(=O)[C@@H]3C(C(=O)Nc4ccccc4)=NN(c4ccc(C)cc4)[C@H]3C2=O)cc1. The summed E-state index contributed by atoms with van der Waals surface area (Å²) in [7, 11) is 0. The first-order valence-corrected chi connectivity index (χ1v) is 11.4. The van der Waals surface area contributed by atoms with Crippen LogP contribution in [0.2, 0.25) is 0 Å². The molecular weight excluding hydrogens is 444 g/mol. The Morgan fingerprint density at radius 1 is 0.914 bits per heavy atom. The molecule has 1 N–H and O–H groups in total. The Kier molecular flexibility index (Phi) is 5.78. The first-order valence-electron chi connectivity index (χ1n) is 11.4. The number of aryl methyl sites for hydroxylation is 1. The van der Waals surface area contributed by atoms with Gasteiger partial charge in [-0.1, -0.05) is 35.9 Å². The van der Waals surface area contributed by atoms with Crippen LogP contribution in [0.15, 0.2) is 84.0 Å². The number of nitrogens with zero attached hydrogens (tertiary/aromatic N) is 3. The van der Waals surface area contributed by atoms with Gasteiger partial charge in [-0.2, -0.15) is 5.10 Å². The van der Waals surface area contributed by atoms with E-state index in [4.69, 9.17) is 4.74 Å². The second kappa shape index (κ2) is 9.06. The van der Waals surface area contributed by atoms with Crippen molar-refractivity contribution in [3.63, 3.8) is 0 Å². The fourth-order valence-electron chi connectivity index (χ4n) is 4.34. The zero-order valence-electron chi connectivity index (χ0n) is 19.3. The standard InChI is InChI=1S/C27H24N4O4/c1-3-35-21-15-13-19(14-16-21)30-26(33)22-23(25(32)28-18-7-5-4-6-8-18)29-31(24(22)27(30)34)20-11-9-17(2)10-12-20/h4-16,22,24H,3H2,1-2H3,(H,28,32)/t22-,24-/m1/s1. The third-order valence-electron chi connectivity index (χ3n) is 6.02. The van der Waals surface area contributed by atoms with Gasteiger partial charge in [-0.3, -0.25) is 19.4 Å². The van der Waals surface area contributed by atoms with Gasteiger partial charge in [0.1, 0.15) is 23.4 Å². The topological polar surface area (TPSA) is 91.3 Å². The summed E-state index contributed by atoms with van der Waals surface area (Å²) in [6.07, 6.45) is 0. The van der Waals surface area contributed by atoms with Gasteiger partial charge < -0.3 is 10.1 Å². The van der Waals surface area contributed by atoms with Crippen molar-refractivity contribution >= 4 is 40.5 Å². The van der Waals surface area contributed by atoms with E-state index >= 15 is 0 Å². The number of rotatable bonds is 6. The summed E-state index contributed by atoms with van der Waals surface area (Å²) in [5.41, 5.74) is 2.67. The number of hydrogen-bond acceptors (Lipinski definition) is 6. The zero-order valence-corrected chi connectivity index (χ0v) is 19.3. The number of amides is 3. The van der Waals surface area contributed by atoms with Gasteiger partial charge in [0, 0.05) is 5.69 Å². The third-order valence-corrected chi connectivity index (χ3v) is 6.02. The van der Waals surface area contributed by atoms with Crippen LogP contribution >= 0.6 is 0 Å². The number of nitrogens with one attached hydrogen (secondary N) is 1. The number of imide groups is 1. The minimum absolute atomic E-state index is 0.00575. The summed E-state index contributed by atoms with van der Waals surface area (Å²) in [5, 5.41) is 8.76. The Morgan fingerprint density at radius 2 is 1.57 bits per heavy atom. The quantitative estimate of drug-likeness (QED) is 0.556. The predicted octanol–water partition coefficient (Wildman–Crippen LogP) is 3.77. The first kappa shape index (κ1) is 22.3. The molecule has 0 bridgehead atoms. The Morgan fingerprint density at radius 3 is 2.23 bits per heavy atom. The zero-order chi connectivity index (χ0) is 24.5. The third kappa shape index (κ3) is 4.03.